The van der Waals surface area contributed by atoms with Gasteiger partial charge in [-0.1, -0.05) is 0 Å². The van der Waals surface area contributed by atoms with Crippen molar-refractivity contribution in [1.82, 2.24) is 0 Å². The second kappa shape index (κ2) is 7.51. The lowest BCUT2D eigenvalue weighted by Crippen LogP contribution is -2.30. The summed E-state index contributed by atoms with van der Waals surface area (Å²) in [5.41, 5.74) is 1.07. The van der Waals surface area contributed by atoms with Crippen molar-refractivity contribution >= 4 is 11.9 Å². The number of rotatable bonds is 5. The van der Waals surface area contributed by atoms with Crippen LogP contribution in [0, 0.1) is 5.92 Å². The highest BCUT2D eigenvalue weighted by atomic mass is 16.5. The Kier molecular flexibility index (Phi) is 5.31. The Morgan fingerprint density at radius 1 is 1.26 bits per heavy atom. The molecule has 5 heteroatoms. The number of allylic oxidation sites excluding steroid dienone is 2. The quantitative estimate of drug-likeness (QED) is 0.563. The van der Waals surface area contributed by atoms with Gasteiger partial charge in [-0.25, -0.2) is 0 Å². The van der Waals surface area contributed by atoms with Crippen LogP contribution in [0.2, 0.25) is 0 Å². The zero-order valence-electron chi connectivity index (χ0n) is 16.5. The Hall–Kier alpha value is -2.69. The first-order chi connectivity index (χ1) is 12.9. The van der Waals surface area contributed by atoms with Crippen LogP contribution in [0.3, 0.4) is 0 Å². The topological polar surface area (TPSA) is 54.0 Å². The summed E-state index contributed by atoms with van der Waals surface area (Å²) in [5, 5.41) is 0. The molecule has 1 unspecified atom stereocenters. The van der Waals surface area contributed by atoms with Gasteiger partial charge in [-0.2, -0.15) is 0 Å². The van der Waals surface area contributed by atoms with Crippen LogP contribution in [0.25, 0.3) is 6.08 Å². The molecule has 0 fully saturated rings. The van der Waals surface area contributed by atoms with Gasteiger partial charge in [0, 0.05) is 0 Å². The van der Waals surface area contributed by atoms with Crippen LogP contribution in [0.15, 0.2) is 41.9 Å². The van der Waals surface area contributed by atoms with E-state index in [1.807, 2.05) is 51.1 Å². The molecule has 27 heavy (non-hydrogen) atoms. The van der Waals surface area contributed by atoms with E-state index < -0.39 is 0 Å². The summed E-state index contributed by atoms with van der Waals surface area (Å²) in [7, 11) is 3.18. The van der Waals surface area contributed by atoms with Gasteiger partial charge in [0.2, 0.25) is 0 Å². The minimum Gasteiger partial charge on any atom is -0.493 e. The summed E-state index contributed by atoms with van der Waals surface area (Å²) >= 11 is 0. The lowest BCUT2D eigenvalue weighted by molar-refractivity contribution is 0.0830. The predicted octanol–water partition coefficient (Wildman–Crippen LogP) is 4.53. The molecule has 1 aromatic rings. The summed E-state index contributed by atoms with van der Waals surface area (Å²) < 4.78 is 22.6. The van der Waals surface area contributed by atoms with Gasteiger partial charge in [-0.15, -0.1) is 0 Å². The maximum Gasteiger partial charge on any atom is 0.173 e. The molecule has 0 aromatic heterocycles. The minimum atomic E-state index is -0.365. The highest BCUT2D eigenvalue weighted by molar-refractivity contribution is 6.03. The second-order valence-corrected chi connectivity index (χ2v) is 7.13. The average molecular weight is 370 g/mol. The number of carbonyl (C=O) groups is 1. The number of ketones is 1. The Labute approximate surface area is 160 Å². The molecule has 144 valence electrons. The molecule has 2 aliphatic heterocycles. The van der Waals surface area contributed by atoms with Gasteiger partial charge in [0.15, 0.2) is 17.3 Å². The van der Waals surface area contributed by atoms with Crippen molar-refractivity contribution in [2.45, 2.75) is 32.8 Å². The predicted molar refractivity (Wildman–Crippen MR) is 104 cm³/mol. The van der Waals surface area contributed by atoms with E-state index >= 15 is 0 Å². The molecule has 1 aromatic carbocycles. The molecule has 3 rings (SSSR count). The molecule has 2 heterocycles. The summed E-state index contributed by atoms with van der Waals surface area (Å²) in [6.07, 6.45) is 8.17. The van der Waals surface area contributed by atoms with Crippen molar-refractivity contribution < 1.29 is 23.7 Å². The van der Waals surface area contributed by atoms with Gasteiger partial charge in [-0.3, -0.25) is 4.79 Å². The maximum absolute atomic E-state index is 13.0. The SMILES string of the molecule is C/C=C(OC)\C(=C/CC1COc2c(ccc3c2C=CC(C)(C)O3)C1=O)OC. The van der Waals surface area contributed by atoms with Crippen LogP contribution >= 0.6 is 0 Å². The van der Waals surface area contributed by atoms with E-state index in [4.69, 9.17) is 18.9 Å². The van der Waals surface area contributed by atoms with Crippen molar-refractivity contribution in [3.8, 4) is 11.5 Å². The molecule has 0 saturated heterocycles. The van der Waals surface area contributed by atoms with E-state index in [1.165, 1.54) is 0 Å². The molecule has 5 nitrogen and oxygen atoms in total. The summed E-state index contributed by atoms with van der Waals surface area (Å²) in [4.78, 5) is 13.0. The number of Topliss-reactive ketones (excluding diaryl/α,β-unsaturated/α-hetero) is 1. The number of methoxy groups -OCH3 is 2. The van der Waals surface area contributed by atoms with Crippen molar-refractivity contribution in [1.29, 1.82) is 0 Å². The molecule has 0 bridgehead atoms. The standard InChI is InChI=1S/C22H26O5/c1-6-17(24-4)19(25-5)9-7-14-13-26-21-15-11-12-22(2,3)27-18(15)10-8-16(21)20(14)23/h6,8-12,14H,7,13H2,1-5H3/b17-6+,19-9+. The molecule has 0 radical (unpaired) electrons. The van der Waals surface area contributed by atoms with E-state index in [-0.39, 0.29) is 17.3 Å². The van der Waals surface area contributed by atoms with Crippen molar-refractivity contribution in [2.24, 2.45) is 5.92 Å². The first-order valence-electron chi connectivity index (χ1n) is 9.07. The van der Waals surface area contributed by atoms with Crippen molar-refractivity contribution in [3.05, 3.63) is 53.0 Å². The number of hydrogen-bond acceptors (Lipinski definition) is 5. The van der Waals surface area contributed by atoms with E-state index in [9.17, 15) is 4.79 Å². The van der Waals surface area contributed by atoms with Crippen LogP contribution in [-0.2, 0) is 9.47 Å². The van der Waals surface area contributed by atoms with Gasteiger partial charge in [0.1, 0.15) is 17.1 Å². The van der Waals surface area contributed by atoms with Gasteiger partial charge >= 0.3 is 0 Å². The number of fused-ring (bicyclic) bond motifs is 3. The first kappa shape index (κ1) is 19.1. The number of ether oxygens (including phenoxy) is 4. The fourth-order valence-corrected chi connectivity index (χ4v) is 3.33. The highest BCUT2D eigenvalue weighted by Gasteiger charge is 2.33. The Bertz CT molecular complexity index is 829. The second-order valence-electron chi connectivity index (χ2n) is 7.13. The van der Waals surface area contributed by atoms with E-state index in [1.54, 1.807) is 20.3 Å². The third kappa shape index (κ3) is 3.72. The van der Waals surface area contributed by atoms with Gasteiger partial charge in [0.05, 0.1) is 37.9 Å². The summed E-state index contributed by atoms with van der Waals surface area (Å²) in [5.74, 6) is 2.42. The maximum atomic E-state index is 13.0. The smallest absolute Gasteiger partial charge is 0.173 e. The lowest BCUT2D eigenvalue weighted by Gasteiger charge is -2.31. The zero-order valence-corrected chi connectivity index (χ0v) is 16.5. The third-order valence-corrected chi connectivity index (χ3v) is 4.78. The fourth-order valence-electron chi connectivity index (χ4n) is 3.33. The molecule has 2 aliphatic rings. The molecule has 1 atom stereocenters. The van der Waals surface area contributed by atoms with Crippen LogP contribution < -0.4 is 9.47 Å². The van der Waals surface area contributed by atoms with Crippen LogP contribution in [0.4, 0.5) is 0 Å². The minimum absolute atomic E-state index is 0.0726. The molecule has 0 N–H and O–H groups in total. The number of hydrogen-bond donors (Lipinski definition) is 0. The normalized spacial score (nSPS) is 20.9. The molecular weight excluding hydrogens is 344 g/mol. The lowest BCUT2D eigenvalue weighted by atomic mass is 9.89. The third-order valence-electron chi connectivity index (χ3n) is 4.78. The largest absolute Gasteiger partial charge is 0.493 e. The highest BCUT2D eigenvalue weighted by Crippen LogP contribution is 2.42. The van der Waals surface area contributed by atoms with Crippen LogP contribution in [0.5, 0.6) is 11.5 Å². The van der Waals surface area contributed by atoms with Gasteiger partial charge < -0.3 is 18.9 Å². The van der Waals surface area contributed by atoms with Crippen LogP contribution in [0.1, 0.15) is 43.1 Å². The summed E-state index contributed by atoms with van der Waals surface area (Å²) in [6, 6.07) is 3.65. The monoisotopic (exact) mass is 370 g/mol. The zero-order chi connectivity index (χ0) is 19.6. The summed E-state index contributed by atoms with van der Waals surface area (Å²) in [6.45, 7) is 6.18. The molecule has 0 saturated carbocycles. The van der Waals surface area contributed by atoms with Gasteiger partial charge in [-0.05, 0) is 63.6 Å². The average Bonchev–Trinajstić information content (AvgIpc) is 2.65. The van der Waals surface area contributed by atoms with E-state index in [0.29, 0.717) is 35.9 Å². The number of benzene rings is 1. The first-order valence-corrected chi connectivity index (χ1v) is 9.07. The Balaban J connectivity index is 1.84. The molecule has 0 aliphatic carbocycles. The van der Waals surface area contributed by atoms with E-state index in [2.05, 4.69) is 0 Å². The number of carbonyl (C=O) groups excluding carboxylic acids is 1. The van der Waals surface area contributed by atoms with Crippen LogP contribution in [-0.4, -0.2) is 32.2 Å². The fraction of sp³-hybridized carbons (Fsp3) is 0.409. The Morgan fingerprint density at radius 2 is 2.00 bits per heavy atom. The van der Waals surface area contributed by atoms with Crippen molar-refractivity contribution in [3.63, 3.8) is 0 Å². The van der Waals surface area contributed by atoms with Gasteiger partial charge in [0.25, 0.3) is 0 Å². The molecular formula is C22H26O5. The molecule has 0 amide bonds. The molecule has 0 spiro atoms. The van der Waals surface area contributed by atoms with E-state index in [0.717, 1.165) is 11.3 Å². The Morgan fingerprint density at radius 3 is 2.67 bits per heavy atom. The van der Waals surface area contributed by atoms with Crippen molar-refractivity contribution in [2.75, 3.05) is 20.8 Å².